The molecule has 1 aliphatic rings. The average Bonchev–Trinajstić information content (AvgIpc) is 2.62. The maximum absolute atomic E-state index is 12.8. The average molecular weight is 384 g/mol. The minimum absolute atomic E-state index is 0.0634. The molecule has 7 nitrogen and oxygen atoms in total. The van der Waals surface area contributed by atoms with Crippen molar-refractivity contribution in [2.75, 3.05) is 20.1 Å². The molecule has 7 heteroatoms. The number of nitrogens with one attached hydrogen (secondary N) is 1. The number of amides is 2. The Labute approximate surface area is 166 Å². The van der Waals surface area contributed by atoms with E-state index in [1.807, 2.05) is 0 Å². The highest BCUT2D eigenvalue weighted by atomic mass is 16.6. The highest BCUT2D eigenvalue weighted by Crippen LogP contribution is 2.12. The van der Waals surface area contributed by atoms with Crippen LogP contribution >= 0.6 is 0 Å². The number of nitrogens with zero attached hydrogens (tertiary/aromatic N) is 3. The van der Waals surface area contributed by atoms with E-state index in [2.05, 4.69) is 28.3 Å². The molecule has 1 aliphatic heterocycles. The van der Waals surface area contributed by atoms with E-state index in [4.69, 9.17) is 10.00 Å². The van der Waals surface area contributed by atoms with Crippen molar-refractivity contribution in [2.24, 2.45) is 4.99 Å². The number of hydrogen-bond donors (Lipinski definition) is 1. The van der Waals surface area contributed by atoms with E-state index in [-0.39, 0.29) is 24.1 Å². The minimum Gasteiger partial charge on any atom is -0.442 e. The van der Waals surface area contributed by atoms with Crippen molar-refractivity contribution < 1.29 is 14.3 Å². The molecular weight excluding hydrogens is 356 g/mol. The fraction of sp³-hybridized carbons (Fsp3) is 0.524. The van der Waals surface area contributed by atoms with Crippen LogP contribution in [0.4, 0.5) is 4.79 Å². The van der Waals surface area contributed by atoms with Gasteiger partial charge in [-0.1, -0.05) is 12.1 Å². The number of hydrogen-bond acceptors (Lipinski definition) is 5. The van der Waals surface area contributed by atoms with E-state index < -0.39 is 11.7 Å². The van der Waals surface area contributed by atoms with Gasteiger partial charge in [-0.05, 0) is 71.4 Å². The Morgan fingerprint density at radius 2 is 1.86 bits per heavy atom. The van der Waals surface area contributed by atoms with Gasteiger partial charge in [-0.25, -0.2) is 4.79 Å². The first-order chi connectivity index (χ1) is 13.2. The van der Waals surface area contributed by atoms with Crippen LogP contribution in [0.3, 0.4) is 0 Å². The predicted octanol–water partition coefficient (Wildman–Crippen LogP) is 2.69. The van der Waals surface area contributed by atoms with Crippen LogP contribution in [0.2, 0.25) is 0 Å². The molecule has 1 aromatic rings. The van der Waals surface area contributed by atoms with Gasteiger partial charge in [0.05, 0.1) is 11.6 Å². The predicted molar refractivity (Wildman–Crippen MR) is 107 cm³/mol. The summed E-state index contributed by atoms with van der Waals surface area (Å²) in [5.41, 5.74) is 0.743. The van der Waals surface area contributed by atoms with Crippen molar-refractivity contribution in [3.05, 3.63) is 35.4 Å². The van der Waals surface area contributed by atoms with Gasteiger partial charge in [0.2, 0.25) is 0 Å². The molecule has 1 saturated heterocycles. The molecule has 0 saturated carbocycles. The van der Waals surface area contributed by atoms with E-state index in [0.717, 1.165) is 31.5 Å². The maximum Gasteiger partial charge on any atom is 0.434 e. The van der Waals surface area contributed by atoms with Crippen molar-refractivity contribution in [3.63, 3.8) is 0 Å². The normalized spacial score (nSPS) is 16.3. The second-order valence-electron chi connectivity index (χ2n) is 8.08. The third-order valence-electron chi connectivity index (χ3n) is 4.39. The van der Waals surface area contributed by atoms with E-state index in [0.29, 0.717) is 5.56 Å². The first-order valence-corrected chi connectivity index (χ1v) is 9.45. The lowest BCUT2D eigenvalue weighted by molar-refractivity contribution is -0.115. The van der Waals surface area contributed by atoms with Gasteiger partial charge in [0.15, 0.2) is 0 Å². The Morgan fingerprint density at radius 1 is 1.25 bits per heavy atom. The molecule has 150 valence electrons. The Balaban J connectivity index is 2.15. The van der Waals surface area contributed by atoms with Gasteiger partial charge in [-0.2, -0.15) is 10.3 Å². The summed E-state index contributed by atoms with van der Waals surface area (Å²) in [5, 5.41) is 11.9. The molecule has 0 unspecified atom stereocenters. The fourth-order valence-electron chi connectivity index (χ4n) is 2.88. The van der Waals surface area contributed by atoms with Crippen LogP contribution in [-0.4, -0.2) is 54.4 Å². The summed E-state index contributed by atoms with van der Waals surface area (Å²) in [6.45, 7) is 7.08. The van der Waals surface area contributed by atoms with E-state index in [1.54, 1.807) is 45.0 Å². The molecule has 2 rings (SSSR count). The lowest BCUT2D eigenvalue weighted by Crippen LogP contribution is -2.46. The number of nitriles is 1. The highest BCUT2D eigenvalue weighted by molar-refractivity contribution is 6.40. The van der Waals surface area contributed by atoms with Crippen molar-refractivity contribution in [3.8, 4) is 6.07 Å². The molecule has 0 radical (unpaired) electrons. The molecule has 0 atom stereocenters. The van der Waals surface area contributed by atoms with Gasteiger partial charge in [-0.15, -0.1) is 0 Å². The molecule has 1 fully saturated rings. The number of rotatable bonds is 4. The third-order valence-corrected chi connectivity index (χ3v) is 4.39. The lowest BCUT2D eigenvalue weighted by Gasteiger charge is -2.29. The van der Waals surface area contributed by atoms with Gasteiger partial charge in [0.1, 0.15) is 11.3 Å². The smallest absolute Gasteiger partial charge is 0.434 e. The van der Waals surface area contributed by atoms with Gasteiger partial charge >= 0.3 is 6.09 Å². The zero-order valence-corrected chi connectivity index (χ0v) is 17.0. The van der Waals surface area contributed by atoms with Crippen LogP contribution < -0.4 is 5.32 Å². The number of carbonyl (C=O) groups excluding carboxylic acids is 2. The van der Waals surface area contributed by atoms with Gasteiger partial charge in [0.25, 0.3) is 5.91 Å². The molecule has 2 amide bonds. The van der Waals surface area contributed by atoms with Crippen LogP contribution in [0, 0.1) is 11.3 Å². The Morgan fingerprint density at radius 3 is 2.39 bits per heavy atom. The SMILES string of the molecule is CN1CCC(NC(=O)C(Cc2ccc(C#N)cc2)=NC(=O)OC(C)(C)C)CC1. The Hall–Kier alpha value is -2.72. The van der Waals surface area contributed by atoms with Crippen LogP contribution in [0.25, 0.3) is 0 Å². The summed E-state index contributed by atoms with van der Waals surface area (Å²) in [5.74, 6) is -0.357. The number of benzene rings is 1. The first kappa shape index (κ1) is 21.6. The molecule has 0 aliphatic carbocycles. The number of carbonyl (C=O) groups is 2. The second kappa shape index (κ2) is 9.47. The molecule has 0 spiro atoms. The fourth-order valence-corrected chi connectivity index (χ4v) is 2.88. The zero-order chi connectivity index (χ0) is 20.7. The highest BCUT2D eigenvalue weighted by Gasteiger charge is 2.23. The summed E-state index contributed by atoms with van der Waals surface area (Å²) in [6, 6.07) is 8.99. The third kappa shape index (κ3) is 7.12. The zero-order valence-electron chi connectivity index (χ0n) is 17.0. The lowest BCUT2D eigenvalue weighted by atomic mass is 10.0. The van der Waals surface area contributed by atoms with E-state index >= 15 is 0 Å². The summed E-state index contributed by atoms with van der Waals surface area (Å²) >= 11 is 0. The first-order valence-electron chi connectivity index (χ1n) is 9.45. The largest absolute Gasteiger partial charge is 0.442 e. The molecule has 1 heterocycles. The summed E-state index contributed by atoms with van der Waals surface area (Å²) in [4.78, 5) is 31.1. The van der Waals surface area contributed by atoms with Crippen LogP contribution in [0.15, 0.2) is 29.3 Å². The second-order valence-corrected chi connectivity index (χ2v) is 8.08. The summed E-state index contributed by atoms with van der Waals surface area (Å²) in [7, 11) is 2.05. The van der Waals surface area contributed by atoms with Crippen LogP contribution in [0.1, 0.15) is 44.7 Å². The standard InChI is InChI=1S/C21H28N4O3/c1-21(2,3)28-20(27)24-18(13-15-5-7-16(14-22)8-6-15)19(26)23-17-9-11-25(4)12-10-17/h5-8,17H,9-13H2,1-4H3,(H,23,26). The summed E-state index contributed by atoms with van der Waals surface area (Å²) in [6.07, 6.45) is 1.12. The van der Waals surface area contributed by atoms with Crippen molar-refractivity contribution in [1.82, 2.24) is 10.2 Å². The molecule has 0 aromatic heterocycles. The van der Waals surface area contributed by atoms with Gasteiger partial charge < -0.3 is 15.0 Å². The molecule has 1 aromatic carbocycles. The number of aliphatic imine (C=N–C) groups is 1. The molecule has 1 N–H and O–H groups in total. The van der Waals surface area contributed by atoms with Gasteiger partial charge in [-0.3, -0.25) is 4.79 Å². The van der Waals surface area contributed by atoms with Gasteiger partial charge in [0, 0.05) is 12.5 Å². The minimum atomic E-state index is -0.783. The number of piperidine rings is 1. The molecule has 28 heavy (non-hydrogen) atoms. The van der Waals surface area contributed by atoms with Crippen molar-refractivity contribution in [1.29, 1.82) is 5.26 Å². The van der Waals surface area contributed by atoms with Crippen LogP contribution in [0.5, 0.6) is 0 Å². The van der Waals surface area contributed by atoms with Crippen molar-refractivity contribution >= 4 is 17.7 Å². The Kier molecular flexibility index (Phi) is 7.30. The number of ether oxygens (including phenoxy) is 1. The quantitative estimate of drug-likeness (QED) is 0.806. The molecule has 0 bridgehead atoms. The Bertz CT molecular complexity index is 764. The molecular formula is C21H28N4O3. The van der Waals surface area contributed by atoms with Crippen molar-refractivity contribution in [2.45, 2.75) is 51.7 Å². The number of likely N-dealkylation sites (tertiary alicyclic amines) is 1. The van der Waals surface area contributed by atoms with E-state index in [9.17, 15) is 9.59 Å². The topological polar surface area (TPSA) is 94.8 Å². The monoisotopic (exact) mass is 384 g/mol. The summed E-state index contributed by atoms with van der Waals surface area (Å²) < 4.78 is 5.24. The maximum atomic E-state index is 12.8. The van der Waals surface area contributed by atoms with E-state index in [1.165, 1.54) is 0 Å². The van der Waals surface area contributed by atoms with Crippen LogP contribution in [-0.2, 0) is 16.0 Å².